The Morgan fingerprint density at radius 3 is 0.646 bits per heavy atom. The van der Waals surface area contributed by atoms with Gasteiger partial charge in [0.2, 0.25) is 0 Å². The Hall–Kier alpha value is -1.82. The van der Waals surface area contributed by atoms with Crippen LogP contribution in [0.2, 0.25) is 0 Å². The van der Waals surface area contributed by atoms with Gasteiger partial charge in [-0.2, -0.15) is 7.11 Å². The first-order chi connectivity index (χ1) is 29.7. The molecule has 1 N–H and O–H groups in total. The number of aliphatic hydroxyl groups excluding tert-OH is 1. The summed E-state index contributed by atoms with van der Waals surface area (Å²) in [6.45, 7) is 30.8. The number of rotatable bonds is 6. The SMILES string of the molecule is CC.CN(C)P1(=O)[C@@H](c2ccc(C(C)(C)C)cc2)CC[C@H]1c1ccc(C(C)(C)C)cc1.CN(C)P1(=O)[C@H](c2ccc(C(C)(C)C)cc2)CC[C@H]1c1ccc(C(C)(C)C)cc1.CO.C[O-].[Na+]. The van der Waals surface area contributed by atoms with Crippen molar-refractivity contribution in [3.63, 3.8) is 0 Å². The number of benzene rings is 4. The van der Waals surface area contributed by atoms with Gasteiger partial charge in [-0.3, -0.25) is 9.34 Å². The Morgan fingerprint density at radius 1 is 0.400 bits per heavy atom. The Bertz CT molecular complexity index is 1800. The van der Waals surface area contributed by atoms with Crippen molar-refractivity contribution in [1.29, 1.82) is 0 Å². The summed E-state index contributed by atoms with van der Waals surface area (Å²) in [5.41, 5.74) is 11.2. The largest absolute Gasteiger partial charge is 1.00 e. The van der Waals surface area contributed by atoms with Crippen molar-refractivity contribution in [1.82, 2.24) is 9.34 Å². The van der Waals surface area contributed by atoms with Crippen LogP contribution in [-0.2, 0) is 30.8 Å². The van der Waals surface area contributed by atoms with Crippen LogP contribution < -0.4 is 34.7 Å². The molecule has 2 fully saturated rings. The fraction of sp³-hybridized carbons (Fsp3) is 0.571. The maximum Gasteiger partial charge on any atom is 1.00 e. The molecule has 0 amide bonds. The number of aliphatic hydroxyl groups is 1. The van der Waals surface area contributed by atoms with E-state index in [0.29, 0.717) is 0 Å². The van der Waals surface area contributed by atoms with E-state index in [1.54, 1.807) is 0 Å². The number of hydrogen-bond acceptors (Lipinski definition) is 4. The molecule has 358 valence electrons. The summed E-state index contributed by atoms with van der Waals surface area (Å²) < 4.78 is 33.0. The van der Waals surface area contributed by atoms with Gasteiger partial charge in [-0.1, -0.05) is 194 Å². The number of nitrogens with zero attached hydrogens (tertiary/aromatic N) is 2. The third kappa shape index (κ3) is 14.6. The summed E-state index contributed by atoms with van der Waals surface area (Å²) in [4.78, 5) is 0. The molecular weight excluding hydrogens is 850 g/mol. The molecule has 65 heavy (non-hydrogen) atoms. The fourth-order valence-electron chi connectivity index (χ4n) is 9.26. The van der Waals surface area contributed by atoms with E-state index in [1.165, 1.54) is 44.5 Å². The number of hydrogen-bond donors (Lipinski definition) is 1. The van der Waals surface area contributed by atoms with Gasteiger partial charge in [0.15, 0.2) is 14.6 Å². The standard InChI is InChI=1S/2C26H38NOP.C2H6.CH4O.CH3O.Na/c2*1-25(2,3)21-13-9-19(10-14-21)23-17-18-24(29(23,28)27(7)8)20-11-15-22(16-12-20)26(4,5)6;3*1-2;/h2*9-16,23-24H,17-18H2,1-8H3;1-2H3;2H,1H3;1H3;/q;;;;-1;+1/t23-,24+,29?;23-,24-;;;;/m.0..../s1. The fourth-order valence-corrected chi connectivity index (χ4v) is 16.8. The van der Waals surface area contributed by atoms with Crippen molar-refractivity contribution in [2.75, 3.05) is 42.4 Å². The summed E-state index contributed by atoms with van der Waals surface area (Å²) in [6.07, 6.45) is 3.93. The average molecular weight is 939 g/mol. The van der Waals surface area contributed by atoms with Gasteiger partial charge in [0, 0.05) is 7.11 Å². The zero-order chi connectivity index (χ0) is 49.2. The van der Waals surface area contributed by atoms with Crippen LogP contribution in [-0.4, -0.2) is 56.9 Å². The van der Waals surface area contributed by atoms with Crippen molar-refractivity contribution >= 4 is 14.6 Å². The average Bonchev–Trinajstić information content (AvgIpc) is 3.80. The van der Waals surface area contributed by atoms with Crippen LogP contribution in [0, 0.1) is 0 Å². The van der Waals surface area contributed by atoms with Crippen molar-refractivity contribution in [3.05, 3.63) is 142 Å². The predicted molar refractivity (Wildman–Crippen MR) is 278 cm³/mol. The van der Waals surface area contributed by atoms with Crippen molar-refractivity contribution < 1.29 is 48.9 Å². The molecule has 2 aliphatic rings. The van der Waals surface area contributed by atoms with Gasteiger partial charge in [-0.25, -0.2) is 0 Å². The smallest absolute Gasteiger partial charge is 0.857 e. The van der Waals surface area contributed by atoms with Gasteiger partial charge in [0.25, 0.3) is 0 Å². The minimum Gasteiger partial charge on any atom is -0.857 e. The van der Waals surface area contributed by atoms with Gasteiger partial charge in [0.05, 0.1) is 22.6 Å². The van der Waals surface area contributed by atoms with E-state index in [1.807, 2.05) is 51.4 Å². The van der Waals surface area contributed by atoms with Crippen LogP contribution in [0.3, 0.4) is 0 Å². The first kappa shape index (κ1) is 61.2. The molecule has 0 aromatic heterocycles. The van der Waals surface area contributed by atoms with E-state index < -0.39 is 14.6 Å². The Labute approximate surface area is 421 Å². The van der Waals surface area contributed by atoms with Gasteiger partial charge in [-0.05, 0) is 120 Å². The Morgan fingerprint density at radius 2 is 0.538 bits per heavy atom. The second-order valence-electron chi connectivity index (χ2n) is 21.7. The molecule has 6 rings (SSSR count). The second-order valence-corrected chi connectivity index (χ2v) is 28.5. The molecule has 4 aromatic rings. The summed E-state index contributed by atoms with van der Waals surface area (Å²) in [7, 11) is 4.58. The molecule has 1 unspecified atom stereocenters. The molecule has 0 bridgehead atoms. The maximum absolute atomic E-state index is 14.5. The molecule has 6 nitrogen and oxygen atoms in total. The van der Waals surface area contributed by atoms with Crippen LogP contribution in [0.4, 0.5) is 0 Å². The zero-order valence-corrected chi connectivity index (χ0v) is 48.6. The van der Waals surface area contributed by atoms with Crippen molar-refractivity contribution in [2.45, 2.75) is 167 Å². The van der Waals surface area contributed by atoms with E-state index in [0.717, 1.165) is 39.9 Å². The van der Waals surface area contributed by atoms with Crippen molar-refractivity contribution in [2.24, 2.45) is 0 Å². The first-order valence-corrected chi connectivity index (χ1v) is 27.1. The normalized spacial score (nSPS) is 21.6. The van der Waals surface area contributed by atoms with Crippen LogP contribution in [0.5, 0.6) is 0 Å². The maximum atomic E-state index is 14.5. The van der Waals surface area contributed by atoms with Crippen LogP contribution in [0.15, 0.2) is 97.1 Å². The van der Waals surface area contributed by atoms with Crippen LogP contribution >= 0.6 is 14.6 Å². The molecule has 9 heteroatoms. The third-order valence-corrected chi connectivity index (χ3v) is 21.4. The summed E-state index contributed by atoms with van der Waals surface area (Å²) in [5.74, 6) is 0. The molecular formula is C56H89N2NaO4P2. The third-order valence-electron chi connectivity index (χ3n) is 13.1. The van der Waals surface area contributed by atoms with E-state index >= 15 is 0 Å². The molecule has 2 aliphatic heterocycles. The van der Waals surface area contributed by atoms with E-state index in [-0.39, 0.29) is 73.9 Å². The molecule has 0 aliphatic carbocycles. The molecule has 5 atom stereocenters. The first-order valence-electron chi connectivity index (χ1n) is 23.5. The molecule has 0 radical (unpaired) electrons. The van der Waals surface area contributed by atoms with Gasteiger partial charge < -0.3 is 19.3 Å². The summed E-state index contributed by atoms with van der Waals surface area (Å²) in [6, 6.07) is 35.5. The van der Waals surface area contributed by atoms with Crippen LogP contribution in [0.1, 0.15) is 190 Å². The van der Waals surface area contributed by atoms with E-state index in [9.17, 15) is 9.13 Å². The molecule has 2 heterocycles. The minimum absolute atomic E-state index is 0. The van der Waals surface area contributed by atoms with Crippen molar-refractivity contribution in [3.8, 4) is 0 Å². The summed E-state index contributed by atoms with van der Waals surface area (Å²) >= 11 is 0. The topological polar surface area (TPSA) is 83.9 Å². The van der Waals surface area contributed by atoms with Gasteiger partial charge in [0.1, 0.15) is 0 Å². The second kappa shape index (κ2) is 25.2. The zero-order valence-electron chi connectivity index (χ0n) is 44.8. The van der Waals surface area contributed by atoms with E-state index in [4.69, 9.17) is 10.2 Å². The van der Waals surface area contributed by atoms with E-state index in [2.05, 4.69) is 180 Å². The molecule has 2 saturated heterocycles. The molecule has 0 spiro atoms. The Kier molecular flexibility index (Phi) is 23.7. The summed E-state index contributed by atoms with van der Waals surface area (Å²) in [5, 5.41) is 15.2. The predicted octanol–water partition coefficient (Wildman–Crippen LogP) is 12.0. The Balaban J connectivity index is 0.000000575. The van der Waals surface area contributed by atoms with Gasteiger partial charge >= 0.3 is 29.6 Å². The quantitative estimate of drug-likeness (QED) is 0.153. The molecule has 0 saturated carbocycles. The van der Waals surface area contributed by atoms with Crippen LogP contribution in [0.25, 0.3) is 0 Å². The van der Waals surface area contributed by atoms with Gasteiger partial charge in [-0.15, -0.1) is 0 Å². The monoisotopic (exact) mass is 939 g/mol. The molecule has 4 aromatic carbocycles. The minimum atomic E-state index is -2.58.